The van der Waals surface area contributed by atoms with Gasteiger partial charge in [0, 0.05) is 17.8 Å². The van der Waals surface area contributed by atoms with E-state index in [0.717, 1.165) is 33.5 Å². The standard InChI is InChI=1S/C18H15N3O/c1-21(11-14-10-13-6-2-5-9-17(13)22-14)18-15-7-3-4-8-16(15)19-12-20-18/h2-10,12H,11H2,1H3. The normalized spacial score (nSPS) is 11.1. The molecule has 0 N–H and O–H groups in total. The van der Waals surface area contributed by atoms with E-state index < -0.39 is 0 Å². The minimum Gasteiger partial charge on any atom is -0.459 e. The van der Waals surface area contributed by atoms with Crippen molar-refractivity contribution in [1.82, 2.24) is 9.97 Å². The van der Waals surface area contributed by atoms with Gasteiger partial charge in [-0.25, -0.2) is 9.97 Å². The lowest BCUT2D eigenvalue weighted by atomic mass is 10.2. The number of fused-ring (bicyclic) bond motifs is 2. The zero-order valence-corrected chi connectivity index (χ0v) is 12.2. The number of nitrogens with zero attached hydrogens (tertiary/aromatic N) is 3. The Morgan fingerprint density at radius 3 is 2.73 bits per heavy atom. The summed E-state index contributed by atoms with van der Waals surface area (Å²) in [4.78, 5) is 10.8. The van der Waals surface area contributed by atoms with Gasteiger partial charge in [0.25, 0.3) is 0 Å². The minimum absolute atomic E-state index is 0.662. The number of aromatic nitrogens is 2. The topological polar surface area (TPSA) is 42.2 Å². The summed E-state index contributed by atoms with van der Waals surface area (Å²) in [7, 11) is 2.02. The molecule has 0 aliphatic rings. The first-order chi connectivity index (χ1) is 10.8. The van der Waals surface area contributed by atoms with Crippen LogP contribution in [0.2, 0.25) is 0 Å². The third-order valence-corrected chi connectivity index (χ3v) is 3.75. The summed E-state index contributed by atoms with van der Waals surface area (Å²) in [5, 5.41) is 2.17. The molecule has 2 heterocycles. The van der Waals surface area contributed by atoms with Gasteiger partial charge in [-0.1, -0.05) is 30.3 Å². The molecule has 0 saturated carbocycles. The molecule has 0 aliphatic carbocycles. The molecule has 4 heteroatoms. The average Bonchev–Trinajstić information content (AvgIpc) is 2.96. The molecule has 4 nitrogen and oxygen atoms in total. The number of para-hydroxylation sites is 2. The summed E-state index contributed by atoms with van der Waals surface area (Å²) in [5.41, 5.74) is 1.86. The smallest absolute Gasteiger partial charge is 0.140 e. The van der Waals surface area contributed by atoms with Crippen molar-refractivity contribution in [2.24, 2.45) is 0 Å². The van der Waals surface area contributed by atoms with Crippen LogP contribution in [0.5, 0.6) is 0 Å². The van der Waals surface area contributed by atoms with Gasteiger partial charge in [-0.3, -0.25) is 0 Å². The predicted molar refractivity (Wildman–Crippen MR) is 87.9 cm³/mol. The summed E-state index contributed by atoms with van der Waals surface area (Å²) in [6.45, 7) is 0.662. The van der Waals surface area contributed by atoms with Crippen LogP contribution in [0.3, 0.4) is 0 Å². The monoisotopic (exact) mass is 289 g/mol. The van der Waals surface area contributed by atoms with Crippen LogP contribution in [0, 0.1) is 0 Å². The SMILES string of the molecule is CN(Cc1cc2ccccc2o1)c1ncnc2ccccc12. The van der Waals surface area contributed by atoms with Crippen LogP contribution in [-0.2, 0) is 6.54 Å². The lowest BCUT2D eigenvalue weighted by Gasteiger charge is -2.18. The molecule has 0 atom stereocenters. The van der Waals surface area contributed by atoms with Crippen LogP contribution in [0.4, 0.5) is 5.82 Å². The maximum Gasteiger partial charge on any atom is 0.140 e. The van der Waals surface area contributed by atoms with Gasteiger partial charge in [0.05, 0.1) is 12.1 Å². The molecular formula is C18H15N3O. The Bertz CT molecular complexity index is 907. The van der Waals surface area contributed by atoms with Crippen molar-refractivity contribution < 1.29 is 4.42 Å². The first kappa shape index (κ1) is 12.8. The zero-order chi connectivity index (χ0) is 14.9. The van der Waals surface area contributed by atoms with Crippen molar-refractivity contribution in [2.75, 3.05) is 11.9 Å². The van der Waals surface area contributed by atoms with Gasteiger partial charge < -0.3 is 9.32 Å². The number of anilines is 1. The lowest BCUT2D eigenvalue weighted by molar-refractivity contribution is 0.545. The third-order valence-electron chi connectivity index (χ3n) is 3.75. The maximum atomic E-state index is 5.89. The van der Waals surface area contributed by atoms with E-state index in [2.05, 4.69) is 27.0 Å². The van der Waals surface area contributed by atoms with Crippen LogP contribution < -0.4 is 4.90 Å². The number of hydrogen-bond acceptors (Lipinski definition) is 4. The van der Waals surface area contributed by atoms with Crippen molar-refractivity contribution in [2.45, 2.75) is 6.54 Å². The summed E-state index contributed by atoms with van der Waals surface area (Å²) < 4.78 is 5.89. The number of benzene rings is 2. The highest BCUT2D eigenvalue weighted by Gasteiger charge is 2.11. The molecule has 22 heavy (non-hydrogen) atoms. The molecule has 0 spiro atoms. The molecular weight excluding hydrogens is 274 g/mol. The molecule has 0 radical (unpaired) electrons. The molecule has 0 fully saturated rings. The molecule has 4 rings (SSSR count). The first-order valence-electron chi connectivity index (χ1n) is 7.19. The van der Waals surface area contributed by atoms with E-state index in [4.69, 9.17) is 4.42 Å². The van der Waals surface area contributed by atoms with E-state index in [-0.39, 0.29) is 0 Å². The highest BCUT2D eigenvalue weighted by Crippen LogP contribution is 2.25. The highest BCUT2D eigenvalue weighted by atomic mass is 16.3. The summed E-state index contributed by atoms with van der Waals surface area (Å²) in [6, 6.07) is 18.1. The average molecular weight is 289 g/mol. The fourth-order valence-electron chi connectivity index (χ4n) is 2.72. The van der Waals surface area contributed by atoms with Crippen molar-refractivity contribution in [3.05, 3.63) is 66.7 Å². The number of furan rings is 1. The van der Waals surface area contributed by atoms with Crippen LogP contribution in [-0.4, -0.2) is 17.0 Å². The number of rotatable bonds is 3. The second kappa shape index (κ2) is 5.15. The van der Waals surface area contributed by atoms with E-state index in [1.165, 1.54) is 0 Å². The van der Waals surface area contributed by atoms with Gasteiger partial charge in [0.1, 0.15) is 23.5 Å². The largest absolute Gasteiger partial charge is 0.459 e. The van der Waals surface area contributed by atoms with Crippen molar-refractivity contribution in [3.8, 4) is 0 Å². The van der Waals surface area contributed by atoms with Gasteiger partial charge in [-0.15, -0.1) is 0 Å². The maximum absolute atomic E-state index is 5.89. The van der Waals surface area contributed by atoms with Crippen molar-refractivity contribution in [3.63, 3.8) is 0 Å². The highest BCUT2D eigenvalue weighted by molar-refractivity contribution is 5.89. The fraction of sp³-hybridized carbons (Fsp3) is 0.111. The molecule has 4 aromatic rings. The molecule has 0 unspecified atom stereocenters. The van der Waals surface area contributed by atoms with Crippen molar-refractivity contribution >= 4 is 27.7 Å². The van der Waals surface area contributed by atoms with E-state index in [1.807, 2.05) is 49.5 Å². The number of hydrogen-bond donors (Lipinski definition) is 0. The molecule has 0 bridgehead atoms. The summed E-state index contributed by atoms with van der Waals surface area (Å²) >= 11 is 0. The van der Waals surface area contributed by atoms with Gasteiger partial charge >= 0.3 is 0 Å². The minimum atomic E-state index is 0.662. The van der Waals surface area contributed by atoms with E-state index in [1.54, 1.807) is 6.33 Å². The molecule has 0 aliphatic heterocycles. The third kappa shape index (κ3) is 2.19. The predicted octanol–water partition coefficient (Wildman–Crippen LogP) is 4.01. The Morgan fingerprint density at radius 2 is 1.82 bits per heavy atom. The fourth-order valence-corrected chi connectivity index (χ4v) is 2.72. The van der Waals surface area contributed by atoms with Gasteiger partial charge in [-0.05, 0) is 24.3 Å². The van der Waals surface area contributed by atoms with Crippen LogP contribution >= 0.6 is 0 Å². The van der Waals surface area contributed by atoms with Gasteiger partial charge in [0.15, 0.2) is 0 Å². The van der Waals surface area contributed by atoms with Gasteiger partial charge in [0.2, 0.25) is 0 Å². The Labute approximate surface area is 128 Å². The molecule has 0 amide bonds. The first-order valence-corrected chi connectivity index (χ1v) is 7.19. The second-order valence-electron chi connectivity index (χ2n) is 5.32. The van der Waals surface area contributed by atoms with Gasteiger partial charge in [-0.2, -0.15) is 0 Å². The zero-order valence-electron chi connectivity index (χ0n) is 12.2. The van der Waals surface area contributed by atoms with E-state index >= 15 is 0 Å². The Hall–Kier alpha value is -2.88. The Kier molecular flexibility index (Phi) is 3.00. The summed E-state index contributed by atoms with van der Waals surface area (Å²) in [5.74, 6) is 1.83. The quantitative estimate of drug-likeness (QED) is 0.571. The molecule has 2 aromatic heterocycles. The van der Waals surface area contributed by atoms with E-state index in [9.17, 15) is 0 Å². The molecule has 2 aromatic carbocycles. The Morgan fingerprint density at radius 1 is 1.00 bits per heavy atom. The second-order valence-corrected chi connectivity index (χ2v) is 5.32. The molecule has 108 valence electrons. The Balaban J connectivity index is 1.70. The van der Waals surface area contributed by atoms with E-state index in [0.29, 0.717) is 6.54 Å². The molecule has 0 saturated heterocycles. The lowest BCUT2D eigenvalue weighted by Crippen LogP contribution is -2.17. The van der Waals surface area contributed by atoms with Crippen LogP contribution in [0.25, 0.3) is 21.9 Å². The summed E-state index contributed by atoms with van der Waals surface area (Å²) in [6.07, 6.45) is 1.60. The van der Waals surface area contributed by atoms with Crippen LogP contribution in [0.15, 0.2) is 65.3 Å². The van der Waals surface area contributed by atoms with Crippen LogP contribution in [0.1, 0.15) is 5.76 Å². The van der Waals surface area contributed by atoms with Crippen molar-refractivity contribution in [1.29, 1.82) is 0 Å².